The second-order valence-corrected chi connectivity index (χ2v) is 10.1. The van der Waals surface area contributed by atoms with Gasteiger partial charge >= 0.3 is 7.82 Å². The average molecular weight is 528 g/mol. The molecule has 0 saturated heterocycles. The number of hydrogen-bond donors (Lipinski definition) is 0. The molecule has 0 aromatic heterocycles. The zero-order valence-corrected chi connectivity index (χ0v) is 18.3. The predicted molar refractivity (Wildman–Crippen MR) is 99.2 cm³/mol. The minimum absolute atomic E-state index is 0.521. The zero-order valence-electron chi connectivity index (χ0n) is 10.6. The van der Waals surface area contributed by atoms with Gasteiger partial charge in [-0.3, -0.25) is 0 Å². The van der Waals surface area contributed by atoms with E-state index in [2.05, 4.69) is 19.7 Å². The summed E-state index contributed by atoms with van der Waals surface area (Å²) in [6.45, 7) is 9.60. The first kappa shape index (κ1) is 24.9. The lowest BCUT2D eigenvalue weighted by Gasteiger charge is -2.31. The van der Waals surface area contributed by atoms with E-state index < -0.39 is 36.5 Å². The van der Waals surface area contributed by atoms with Gasteiger partial charge in [0.2, 0.25) is 0 Å². The van der Waals surface area contributed by atoms with Crippen molar-refractivity contribution in [2.75, 3.05) is 0 Å². The first-order chi connectivity index (χ1) is 9.95. The molecule has 0 fully saturated rings. The fourth-order valence-electron chi connectivity index (χ4n) is 0.626. The molecule has 14 heteroatoms. The maximum atomic E-state index is 12.7. The van der Waals surface area contributed by atoms with E-state index in [1.807, 2.05) is 0 Å². The van der Waals surface area contributed by atoms with E-state index in [0.717, 1.165) is 0 Å². The number of phosphoric ester groups is 1. The van der Waals surface area contributed by atoms with Gasteiger partial charge in [0, 0.05) is 0 Å². The Labute approximate surface area is 177 Å². The normalized spacial score (nSPS) is 13.8. The van der Waals surface area contributed by atoms with Gasteiger partial charge in [0.05, 0.1) is 15.1 Å². The molecule has 134 valence electrons. The van der Waals surface area contributed by atoms with Crippen LogP contribution in [0.2, 0.25) is 0 Å². The molecule has 0 amide bonds. The van der Waals surface area contributed by atoms with E-state index in [1.165, 1.54) is 0 Å². The first-order valence-electron chi connectivity index (χ1n) is 4.85. The molecular formula is C9H6Cl9O4P. The van der Waals surface area contributed by atoms with Crippen molar-refractivity contribution < 1.29 is 18.1 Å². The van der Waals surface area contributed by atoms with E-state index in [9.17, 15) is 4.57 Å². The van der Waals surface area contributed by atoms with E-state index >= 15 is 0 Å². The van der Waals surface area contributed by atoms with Gasteiger partial charge < -0.3 is 0 Å². The van der Waals surface area contributed by atoms with E-state index in [0.29, 0.717) is 0 Å². The van der Waals surface area contributed by atoms with Crippen molar-refractivity contribution in [1.82, 2.24) is 0 Å². The Balaban J connectivity index is 5.80. The predicted octanol–water partition coefficient (Wildman–Crippen LogP) is 7.80. The summed E-state index contributed by atoms with van der Waals surface area (Å²) in [6, 6.07) is 0. The standard InChI is InChI=1S/C9H6Cl9O4P/c1-4(10)7(13,14)20-23(19,21-8(15,16)5(2)11)22-9(17,18)6(3)12/h1-3H2. The summed E-state index contributed by atoms with van der Waals surface area (Å²) in [7, 11) is -4.97. The number of rotatable bonds is 9. The van der Waals surface area contributed by atoms with Crippen molar-refractivity contribution in [2.24, 2.45) is 0 Å². The molecule has 0 aliphatic rings. The van der Waals surface area contributed by atoms with Crippen molar-refractivity contribution in [3.8, 4) is 0 Å². The lowest BCUT2D eigenvalue weighted by Crippen LogP contribution is -2.27. The van der Waals surface area contributed by atoms with Crippen LogP contribution in [0.1, 0.15) is 0 Å². The molecule has 0 atom stereocenters. The molecule has 4 nitrogen and oxygen atoms in total. The van der Waals surface area contributed by atoms with Crippen molar-refractivity contribution in [1.29, 1.82) is 0 Å². The monoisotopic (exact) mass is 524 g/mol. The summed E-state index contributed by atoms with van der Waals surface area (Å²) >= 11 is 50.5. The summed E-state index contributed by atoms with van der Waals surface area (Å²) in [5.74, 6) is 0. The Hall–Kier alpha value is 1.94. The average Bonchev–Trinajstić information content (AvgIpc) is 2.24. The molecule has 0 heterocycles. The largest absolute Gasteiger partial charge is 0.483 e. The van der Waals surface area contributed by atoms with Gasteiger partial charge in [-0.1, -0.05) is 124 Å². The van der Waals surface area contributed by atoms with Crippen LogP contribution >= 0.6 is 112 Å². The molecule has 0 N–H and O–H groups in total. The van der Waals surface area contributed by atoms with Gasteiger partial charge in [-0.15, -0.1) is 0 Å². The van der Waals surface area contributed by atoms with Crippen LogP contribution in [0.5, 0.6) is 0 Å². The minimum Gasteiger partial charge on any atom is -0.244 e. The second kappa shape index (κ2) is 8.75. The van der Waals surface area contributed by atoms with Gasteiger partial charge in [0.15, 0.2) is 0 Å². The Morgan fingerprint density at radius 2 is 0.826 bits per heavy atom. The quantitative estimate of drug-likeness (QED) is 0.226. The molecule has 0 aliphatic carbocycles. The third kappa shape index (κ3) is 8.01. The summed E-state index contributed by atoms with van der Waals surface area (Å²) in [4.78, 5) is 0. The molecule has 0 bridgehead atoms. The van der Waals surface area contributed by atoms with Gasteiger partial charge in [-0.25, -0.2) is 18.1 Å². The number of alkyl halides is 6. The Bertz CT molecular complexity index is 483. The van der Waals surface area contributed by atoms with Gasteiger partial charge in [0.25, 0.3) is 13.6 Å². The summed E-state index contributed by atoms with van der Waals surface area (Å²) in [5.41, 5.74) is 0. The Kier molecular flexibility index (Phi) is 9.49. The number of hydrogen-bond acceptors (Lipinski definition) is 4. The lowest BCUT2D eigenvalue weighted by molar-refractivity contribution is 0.0834. The van der Waals surface area contributed by atoms with Crippen molar-refractivity contribution in [3.63, 3.8) is 0 Å². The molecule has 0 aromatic rings. The number of halogens is 9. The Morgan fingerprint density at radius 3 is 0.957 bits per heavy atom. The maximum Gasteiger partial charge on any atom is 0.483 e. The summed E-state index contributed by atoms with van der Waals surface area (Å²) in [6.07, 6.45) is 0. The first-order valence-corrected chi connectivity index (χ1v) is 9.72. The minimum atomic E-state index is -4.97. The third-order valence-electron chi connectivity index (χ3n) is 1.63. The van der Waals surface area contributed by atoms with Crippen molar-refractivity contribution in [3.05, 3.63) is 34.8 Å². The SMILES string of the molecule is C=C(Cl)C(Cl)(Cl)OP(=O)(OC(Cl)(Cl)C(=C)Cl)OC(Cl)(Cl)C(=C)Cl. The maximum absolute atomic E-state index is 12.7. The van der Waals surface area contributed by atoms with Gasteiger partial charge in [-0.05, 0) is 0 Å². The van der Waals surface area contributed by atoms with Gasteiger partial charge in [0.1, 0.15) is 0 Å². The van der Waals surface area contributed by atoms with E-state index in [4.69, 9.17) is 118 Å². The molecule has 0 aromatic carbocycles. The topological polar surface area (TPSA) is 44.8 Å². The molecule has 0 saturated carbocycles. The molecular weight excluding hydrogens is 522 g/mol. The fourth-order valence-corrected chi connectivity index (χ4v) is 3.71. The highest BCUT2D eigenvalue weighted by atomic mass is 35.5. The highest BCUT2D eigenvalue weighted by molar-refractivity contribution is 7.49. The van der Waals surface area contributed by atoms with Crippen molar-refractivity contribution in [2.45, 2.75) is 13.6 Å². The number of phosphoric acid groups is 1. The lowest BCUT2D eigenvalue weighted by atomic mass is 10.7. The molecule has 0 rings (SSSR count). The van der Waals surface area contributed by atoms with Crippen LogP contribution < -0.4 is 0 Å². The van der Waals surface area contributed by atoms with Crippen LogP contribution in [-0.2, 0) is 18.1 Å². The van der Waals surface area contributed by atoms with E-state index in [1.54, 1.807) is 0 Å². The zero-order chi connectivity index (χ0) is 18.9. The molecule has 0 radical (unpaired) electrons. The van der Waals surface area contributed by atoms with Crippen LogP contribution in [0.25, 0.3) is 0 Å². The fraction of sp³-hybridized carbons (Fsp3) is 0.333. The van der Waals surface area contributed by atoms with Crippen LogP contribution in [-0.4, -0.2) is 13.6 Å². The summed E-state index contributed by atoms with van der Waals surface area (Å²) < 4.78 is 19.5. The molecule has 0 unspecified atom stereocenters. The smallest absolute Gasteiger partial charge is 0.244 e. The Morgan fingerprint density at radius 1 is 0.652 bits per heavy atom. The van der Waals surface area contributed by atoms with Crippen LogP contribution in [0.15, 0.2) is 34.8 Å². The molecule has 0 spiro atoms. The van der Waals surface area contributed by atoms with Gasteiger partial charge in [-0.2, -0.15) is 0 Å². The molecule has 0 aliphatic heterocycles. The third-order valence-corrected chi connectivity index (χ3v) is 6.98. The van der Waals surface area contributed by atoms with Crippen LogP contribution in [0, 0.1) is 0 Å². The highest BCUT2D eigenvalue weighted by Gasteiger charge is 2.51. The molecule has 23 heavy (non-hydrogen) atoms. The second-order valence-electron chi connectivity index (χ2n) is 3.49. The van der Waals surface area contributed by atoms with E-state index in [-0.39, 0.29) is 0 Å². The highest BCUT2D eigenvalue weighted by Crippen LogP contribution is 2.64. The van der Waals surface area contributed by atoms with Crippen LogP contribution in [0.4, 0.5) is 0 Å². The summed E-state index contributed by atoms with van der Waals surface area (Å²) in [5, 5.41) is -1.56. The van der Waals surface area contributed by atoms with Crippen LogP contribution in [0.3, 0.4) is 0 Å². The van der Waals surface area contributed by atoms with Crippen molar-refractivity contribution >= 4 is 112 Å².